The van der Waals surface area contributed by atoms with E-state index in [1.165, 1.54) is 17.8 Å². The van der Waals surface area contributed by atoms with E-state index >= 15 is 0 Å². The van der Waals surface area contributed by atoms with Crippen LogP contribution in [0.25, 0.3) is 0 Å². The zero-order chi connectivity index (χ0) is 11.6. The van der Waals surface area contributed by atoms with Gasteiger partial charge in [-0.05, 0) is 13.0 Å². The summed E-state index contributed by atoms with van der Waals surface area (Å²) in [6.45, 7) is 1.68. The van der Waals surface area contributed by atoms with Crippen LogP contribution in [0.15, 0.2) is 6.07 Å². The number of ketones is 1. The Kier molecular flexibility index (Phi) is 3.16. The molecule has 0 fully saturated rings. The maximum atomic E-state index is 11.9. The van der Waals surface area contributed by atoms with E-state index in [-0.39, 0.29) is 5.69 Å². The Morgan fingerprint density at radius 1 is 1.53 bits per heavy atom. The number of aryl methyl sites for hydroxylation is 2. The molecule has 0 aliphatic rings. The predicted octanol–water partition coefficient (Wildman–Crippen LogP) is 2.25. The second kappa shape index (κ2) is 4.04. The first-order chi connectivity index (χ1) is 6.79. The van der Waals surface area contributed by atoms with Gasteiger partial charge in [-0.25, -0.2) is 0 Å². The Morgan fingerprint density at radius 2 is 2.13 bits per heavy atom. The number of alkyl halides is 3. The second-order valence-electron chi connectivity index (χ2n) is 3.33. The summed E-state index contributed by atoms with van der Waals surface area (Å²) in [6.07, 6.45) is -5.90. The molecule has 0 saturated heterocycles. The fourth-order valence-electron chi connectivity index (χ4n) is 1.25. The van der Waals surface area contributed by atoms with Crippen molar-refractivity contribution in [3.8, 4) is 0 Å². The molecule has 3 nitrogen and oxygen atoms in total. The Morgan fingerprint density at radius 3 is 2.53 bits per heavy atom. The number of carbonyl (C=O) groups excluding carboxylic acids is 1. The Labute approximate surface area is 84.9 Å². The van der Waals surface area contributed by atoms with Gasteiger partial charge in [0, 0.05) is 13.5 Å². The number of rotatable bonds is 3. The van der Waals surface area contributed by atoms with Crippen molar-refractivity contribution in [2.75, 3.05) is 0 Å². The Bertz CT molecular complexity index is 368. The van der Waals surface area contributed by atoms with Crippen LogP contribution in [-0.4, -0.2) is 21.7 Å². The fraction of sp³-hybridized carbons (Fsp3) is 0.556. The number of carbonyl (C=O) groups is 1. The summed E-state index contributed by atoms with van der Waals surface area (Å²) in [6, 6.07) is 1.48. The molecule has 0 atom stereocenters. The van der Waals surface area contributed by atoms with E-state index in [0.29, 0.717) is 5.69 Å². The van der Waals surface area contributed by atoms with Gasteiger partial charge in [-0.15, -0.1) is 0 Å². The fourth-order valence-corrected chi connectivity index (χ4v) is 1.25. The van der Waals surface area contributed by atoms with Crippen molar-refractivity contribution in [3.05, 3.63) is 17.5 Å². The summed E-state index contributed by atoms with van der Waals surface area (Å²) in [5.74, 6) is -0.532. The van der Waals surface area contributed by atoms with E-state index in [4.69, 9.17) is 0 Å². The molecule has 1 heterocycles. The minimum atomic E-state index is -4.29. The van der Waals surface area contributed by atoms with Crippen LogP contribution in [-0.2, 0) is 7.05 Å². The summed E-state index contributed by atoms with van der Waals surface area (Å²) < 4.78 is 36.9. The first-order valence-electron chi connectivity index (χ1n) is 4.40. The number of aromatic nitrogens is 2. The molecule has 1 aromatic heterocycles. The van der Waals surface area contributed by atoms with Crippen molar-refractivity contribution in [3.63, 3.8) is 0 Å². The molecular formula is C9H11F3N2O. The molecule has 0 bridgehead atoms. The highest BCUT2D eigenvalue weighted by Crippen LogP contribution is 2.22. The monoisotopic (exact) mass is 220 g/mol. The van der Waals surface area contributed by atoms with E-state index in [1.807, 2.05) is 0 Å². The Hall–Kier alpha value is -1.33. The predicted molar refractivity (Wildman–Crippen MR) is 47.6 cm³/mol. The van der Waals surface area contributed by atoms with Gasteiger partial charge in [-0.3, -0.25) is 9.48 Å². The summed E-state index contributed by atoms with van der Waals surface area (Å²) in [5.41, 5.74) is 0.838. The summed E-state index contributed by atoms with van der Waals surface area (Å²) >= 11 is 0. The van der Waals surface area contributed by atoms with E-state index in [9.17, 15) is 18.0 Å². The van der Waals surface area contributed by atoms with Crippen molar-refractivity contribution < 1.29 is 18.0 Å². The lowest BCUT2D eigenvalue weighted by atomic mass is 10.1. The minimum Gasteiger partial charge on any atom is -0.292 e. The second-order valence-corrected chi connectivity index (χ2v) is 3.33. The molecule has 0 aliphatic heterocycles. The molecule has 84 valence electrons. The van der Waals surface area contributed by atoms with Crippen LogP contribution < -0.4 is 0 Å². The number of nitrogens with zero attached hydrogens (tertiary/aromatic N) is 2. The standard InChI is InChI=1S/C9H11F3N2O/c1-6-5-7(14(2)13-6)8(15)3-4-9(10,11)12/h5H,3-4H2,1-2H3. The van der Waals surface area contributed by atoms with Crippen molar-refractivity contribution in [1.29, 1.82) is 0 Å². The van der Waals surface area contributed by atoms with Gasteiger partial charge in [0.05, 0.1) is 12.1 Å². The lowest BCUT2D eigenvalue weighted by molar-refractivity contribution is -0.133. The average molecular weight is 220 g/mol. The third-order valence-electron chi connectivity index (χ3n) is 1.92. The van der Waals surface area contributed by atoms with Crippen LogP contribution in [0, 0.1) is 6.92 Å². The van der Waals surface area contributed by atoms with Crippen LogP contribution in [0.2, 0.25) is 0 Å². The summed E-state index contributed by atoms with van der Waals surface area (Å²) in [4.78, 5) is 11.4. The quantitative estimate of drug-likeness (QED) is 0.732. The first-order valence-corrected chi connectivity index (χ1v) is 4.40. The van der Waals surface area contributed by atoms with E-state index < -0.39 is 24.8 Å². The first kappa shape index (κ1) is 11.7. The zero-order valence-corrected chi connectivity index (χ0v) is 8.43. The van der Waals surface area contributed by atoms with Crippen LogP contribution in [0.1, 0.15) is 29.0 Å². The van der Waals surface area contributed by atoms with Crippen molar-refractivity contribution >= 4 is 5.78 Å². The number of Topliss-reactive ketones (excluding diaryl/α,β-unsaturated/α-hetero) is 1. The highest BCUT2D eigenvalue weighted by Gasteiger charge is 2.28. The van der Waals surface area contributed by atoms with Gasteiger partial charge in [-0.2, -0.15) is 18.3 Å². The molecule has 1 aromatic rings. The summed E-state index contributed by atoms with van der Waals surface area (Å²) in [7, 11) is 1.54. The molecule has 0 aromatic carbocycles. The van der Waals surface area contributed by atoms with E-state index in [0.717, 1.165) is 0 Å². The molecule has 0 saturated carbocycles. The lowest BCUT2D eigenvalue weighted by Crippen LogP contribution is -2.13. The van der Waals surface area contributed by atoms with Gasteiger partial charge < -0.3 is 0 Å². The van der Waals surface area contributed by atoms with Crippen LogP contribution in [0.3, 0.4) is 0 Å². The molecule has 1 rings (SSSR count). The van der Waals surface area contributed by atoms with E-state index in [2.05, 4.69) is 5.10 Å². The number of hydrogen-bond acceptors (Lipinski definition) is 2. The van der Waals surface area contributed by atoms with Gasteiger partial charge in [0.25, 0.3) is 0 Å². The van der Waals surface area contributed by atoms with Gasteiger partial charge in [0.2, 0.25) is 0 Å². The molecule has 0 radical (unpaired) electrons. The Balaban J connectivity index is 2.66. The molecule has 0 N–H and O–H groups in total. The van der Waals surface area contributed by atoms with Gasteiger partial charge in [0.15, 0.2) is 5.78 Å². The van der Waals surface area contributed by atoms with Crippen molar-refractivity contribution in [2.45, 2.75) is 25.9 Å². The molecule has 0 spiro atoms. The van der Waals surface area contributed by atoms with Crippen molar-refractivity contribution in [1.82, 2.24) is 9.78 Å². The normalized spacial score (nSPS) is 11.8. The third kappa shape index (κ3) is 3.38. The summed E-state index contributed by atoms with van der Waals surface area (Å²) in [5, 5.41) is 3.89. The zero-order valence-electron chi connectivity index (χ0n) is 8.43. The van der Waals surface area contributed by atoms with Crippen LogP contribution >= 0.6 is 0 Å². The van der Waals surface area contributed by atoms with Crippen molar-refractivity contribution in [2.24, 2.45) is 7.05 Å². The van der Waals surface area contributed by atoms with Gasteiger partial charge in [0.1, 0.15) is 5.69 Å². The largest absolute Gasteiger partial charge is 0.389 e. The average Bonchev–Trinajstić information content (AvgIpc) is 2.40. The molecule has 0 aliphatic carbocycles. The van der Waals surface area contributed by atoms with Crippen LogP contribution in [0.4, 0.5) is 13.2 Å². The minimum absolute atomic E-state index is 0.219. The smallest absolute Gasteiger partial charge is 0.292 e. The van der Waals surface area contributed by atoms with E-state index in [1.54, 1.807) is 6.92 Å². The van der Waals surface area contributed by atoms with Gasteiger partial charge in [-0.1, -0.05) is 0 Å². The molecule has 6 heteroatoms. The molecular weight excluding hydrogens is 209 g/mol. The number of hydrogen-bond donors (Lipinski definition) is 0. The molecule has 0 amide bonds. The third-order valence-corrected chi connectivity index (χ3v) is 1.92. The lowest BCUT2D eigenvalue weighted by Gasteiger charge is -2.04. The maximum absolute atomic E-state index is 11.9. The SMILES string of the molecule is Cc1cc(C(=O)CCC(F)(F)F)n(C)n1. The molecule has 0 unspecified atom stereocenters. The van der Waals surface area contributed by atoms with Gasteiger partial charge >= 0.3 is 6.18 Å². The number of halogens is 3. The highest BCUT2D eigenvalue weighted by atomic mass is 19.4. The molecule has 15 heavy (non-hydrogen) atoms. The topological polar surface area (TPSA) is 34.9 Å². The van der Waals surface area contributed by atoms with Crippen LogP contribution in [0.5, 0.6) is 0 Å². The highest BCUT2D eigenvalue weighted by molar-refractivity contribution is 5.94. The maximum Gasteiger partial charge on any atom is 0.389 e.